The molecule has 1 aliphatic rings. The van der Waals surface area contributed by atoms with Crippen LogP contribution in [0.1, 0.15) is 48.0 Å². The van der Waals surface area contributed by atoms with Gasteiger partial charge >= 0.3 is 0 Å². The van der Waals surface area contributed by atoms with Crippen molar-refractivity contribution >= 4 is 15.9 Å². The van der Waals surface area contributed by atoms with Crippen LogP contribution in [0.15, 0.2) is 23.1 Å². The number of ether oxygens (including phenoxy) is 1. The Kier molecular flexibility index (Phi) is 7.40. The van der Waals surface area contributed by atoms with Gasteiger partial charge in [0.1, 0.15) is 0 Å². The molecule has 1 heterocycles. The maximum absolute atomic E-state index is 12.9. The van der Waals surface area contributed by atoms with Gasteiger partial charge in [0.25, 0.3) is 5.91 Å². The zero-order valence-corrected chi connectivity index (χ0v) is 15.9. The monoisotopic (exact) mass is 368 g/mol. The van der Waals surface area contributed by atoms with Crippen molar-refractivity contribution in [3.8, 4) is 0 Å². The van der Waals surface area contributed by atoms with E-state index in [2.05, 4.69) is 4.72 Å². The Hall–Kier alpha value is -1.44. The lowest BCUT2D eigenvalue weighted by molar-refractivity contribution is 0.0741. The number of aryl methyl sites for hydroxylation is 1. The number of benzene rings is 1. The van der Waals surface area contributed by atoms with Gasteiger partial charge < -0.3 is 9.64 Å². The largest absolute Gasteiger partial charge is 0.383 e. The molecule has 2 rings (SSSR count). The van der Waals surface area contributed by atoms with E-state index in [0.29, 0.717) is 12.2 Å². The van der Waals surface area contributed by atoms with Crippen molar-refractivity contribution in [3.63, 3.8) is 0 Å². The van der Waals surface area contributed by atoms with Crippen molar-refractivity contribution < 1.29 is 17.9 Å². The third kappa shape index (κ3) is 5.52. The van der Waals surface area contributed by atoms with E-state index in [1.807, 2.05) is 11.8 Å². The number of carbonyl (C=O) groups excluding carboxylic acids is 1. The molecule has 140 valence electrons. The molecule has 0 spiro atoms. The summed E-state index contributed by atoms with van der Waals surface area (Å²) in [5.41, 5.74) is 1.26. The summed E-state index contributed by atoms with van der Waals surface area (Å²) in [5, 5.41) is 0. The van der Waals surface area contributed by atoms with Crippen molar-refractivity contribution in [2.45, 2.75) is 43.9 Å². The molecule has 1 fully saturated rings. The molecule has 25 heavy (non-hydrogen) atoms. The van der Waals surface area contributed by atoms with Gasteiger partial charge in [-0.25, -0.2) is 13.1 Å². The Morgan fingerprint density at radius 1 is 1.16 bits per heavy atom. The second kappa shape index (κ2) is 9.31. The molecule has 1 aromatic carbocycles. The van der Waals surface area contributed by atoms with Crippen molar-refractivity contribution in [2.75, 3.05) is 33.4 Å². The molecule has 0 atom stereocenters. The molecule has 0 aliphatic carbocycles. The fourth-order valence-electron chi connectivity index (χ4n) is 2.98. The third-order valence-corrected chi connectivity index (χ3v) is 5.95. The molecular formula is C18H28N2O4S. The standard InChI is InChI=1S/C18H28N2O4S/c1-15-8-9-16(25(22,23)19-10-13-24-2)14-17(15)18(21)20-11-6-4-3-5-7-12-20/h8-9,14,19H,3-7,10-13H2,1-2H3. The molecule has 0 unspecified atom stereocenters. The molecule has 1 saturated heterocycles. The number of carbonyl (C=O) groups is 1. The lowest BCUT2D eigenvalue weighted by Gasteiger charge is -2.25. The highest BCUT2D eigenvalue weighted by Crippen LogP contribution is 2.19. The normalized spacial score (nSPS) is 16.3. The van der Waals surface area contributed by atoms with Gasteiger partial charge in [0.2, 0.25) is 10.0 Å². The van der Waals surface area contributed by atoms with Crippen LogP contribution in [0.4, 0.5) is 0 Å². The second-order valence-corrected chi connectivity index (χ2v) is 8.19. The highest BCUT2D eigenvalue weighted by Gasteiger charge is 2.21. The number of hydrogen-bond acceptors (Lipinski definition) is 4. The fourth-order valence-corrected chi connectivity index (χ4v) is 4.02. The van der Waals surface area contributed by atoms with Crippen LogP contribution >= 0.6 is 0 Å². The number of sulfonamides is 1. The summed E-state index contributed by atoms with van der Waals surface area (Å²) in [7, 11) is -2.14. The molecule has 1 aromatic rings. The first-order chi connectivity index (χ1) is 12.0. The molecule has 0 aromatic heterocycles. The fraction of sp³-hybridized carbons (Fsp3) is 0.611. The average Bonchev–Trinajstić information content (AvgIpc) is 2.54. The van der Waals surface area contributed by atoms with Crippen molar-refractivity contribution in [3.05, 3.63) is 29.3 Å². The van der Waals surface area contributed by atoms with Gasteiger partial charge in [-0.05, 0) is 37.5 Å². The minimum absolute atomic E-state index is 0.0756. The minimum atomic E-state index is -3.65. The highest BCUT2D eigenvalue weighted by molar-refractivity contribution is 7.89. The highest BCUT2D eigenvalue weighted by atomic mass is 32.2. The van der Waals surface area contributed by atoms with Crippen molar-refractivity contribution in [1.82, 2.24) is 9.62 Å². The van der Waals surface area contributed by atoms with Gasteiger partial charge in [-0.1, -0.05) is 25.3 Å². The first kappa shape index (κ1) is 19.9. The summed E-state index contributed by atoms with van der Waals surface area (Å²) in [6.07, 6.45) is 5.51. The average molecular weight is 368 g/mol. The number of nitrogens with one attached hydrogen (secondary N) is 1. The first-order valence-electron chi connectivity index (χ1n) is 8.84. The summed E-state index contributed by atoms with van der Waals surface area (Å²) in [4.78, 5) is 14.9. The van der Waals surface area contributed by atoms with Crippen LogP contribution in [-0.4, -0.2) is 52.6 Å². The van der Waals surface area contributed by atoms with E-state index in [9.17, 15) is 13.2 Å². The van der Waals surface area contributed by atoms with E-state index in [1.54, 1.807) is 6.07 Å². The Balaban J connectivity index is 2.21. The summed E-state index contributed by atoms with van der Waals surface area (Å²) in [6.45, 7) is 3.81. The van der Waals surface area contributed by atoms with E-state index < -0.39 is 10.0 Å². The Labute approximate surface area is 150 Å². The summed E-state index contributed by atoms with van der Waals surface area (Å²) in [5.74, 6) is -0.0756. The molecule has 6 nitrogen and oxygen atoms in total. The van der Waals surface area contributed by atoms with Gasteiger partial charge in [0.05, 0.1) is 11.5 Å². The van der Waals surface area contributed by atoms with Crippen LogP contribution in [0.2, 0.25) is 0 Å². The van der Waals surface area contributed by atoms with Crippen LogP contribution in [0.5, 0.6) is 0 Å². The minimum Gasteiger partial charge on any atom is -0.383 e. The van der Waals surface area contributed by atoms with Gasteiger partial charge in [-0.15, -0.1) is 0 Å². The molecular weight excluding hydrogens is 340 g/mol. The van der Waals surface area contributed by atoms with Crippen LogP contribution < -0.4 is 4.72 Å². The summed E-state index contributed by atoms with van der Waals surface area (Å²) >= 11 is 0. The lowest BCUT2D eigenvalue weighted by Crippen LogP contribution is -2.34. The van der Waals surface area contributed by atoms with Crippen molar-refractivity contribution in [1.29, 1.82) is 0 Å². The molecule has 0 bridgehead atoms. The number of nitrogens with zero attached hydrogens (tertiary/aromatic N) is 1. The van der Waals surface area contributed by atoms with E-state index >= 15 is 0 Å². The zero-order valence-electron chi connectivity index (χ0n) is 15.1. The number of rotatable bonds is 6. The maximum Gasteiger partial charge on any atom is 0.254 e. The molecule has 7 heteroatoms. The zero-order chi connectivity index (χ0) is 18.3. The van der Waals surface area contributed by atoms with Crippen LogP contribution in [0.3, 0.4) is 0 Å². The Morgan fingerprint density at radius 3 is 2.44 bits per heavy atom. The molecule has 1 amide bonds. The predicted octanol–water partition coefficient (Wildman–Crippen LogP) is 2.33. The van der Waals surface area contributed by atoms with E-state index in [0.717, 1.165) is 44.3 Å². The second-order valence-electron chi connectivity index (χ2n) is 6.43. The van der Waals surface area contributed by atoms with Gasteiger partial charge in [-0.3, -0.25) is 4.79 Å². The Morgan fingerprint density at radius 2 is 1.80 bits per heavy atom. The van der Waals surface area contributed by atoms with Crippen molar-refractivity contribution in [2.24, 2.45) is 0 Å². The van der Waals surface area contributed by atoms with Crippen LogP contribution in [-0.2, 0) is 14.8 Å². The summed E-state index contributed by atoms with van der Waals surface area (Å²) in [6, 6.07) is 4.72. The maximum atomic E-state index is 12.9. The van der Waals surface area contributed by atoms with E-state index in [-0.39, 0.29) is 17.3 Å². The van der Waals surface area contributed by atoms with E-state index in [4.69, 9.17) is 4.74 Å². The van der Waals surface area contributed by atoms with Crippen LogP contribution in [0, 0.1) is 6.92 Å². The smallest absolute Gasteiger partial charge is 0.254 e. The molecule has 0 saturated carbocycles. The Bertz CT molecular complexity index is 680. The number of methoxy groups -OCH3 is 1. The van der Waals surface area contributed by atoms with Crippen LogP contribution in [0.25, 0.3) is 0 Å². The van der Waals surface area contributed by atoms with Gasteiger partial charge in [-0.2, -0.15) is 0 Å². The number of hydrogen-bond donors (Lipinski definition) is 1. The topological polar surface area (TPSA) is 75.7 Å². The first-order valence-corrected chi connectivity index (χ1v) is 10.3. The SMILES string of the molecule is COCCNS(=O)(=O)c1ccc(C)c(C(=O)N2CCCCCCC2)c1. The lowest BCUT2D eigenvalue weighted by atomic mass is 10.0. The summed E-state index contributed by atoms with van der Waals surface area (Å²) < 4.78 is 32.1. The predicted molar refractivity (Wildman–Crippen MR) is 97.2 cm³/mol. The third-order valence-electron chi connectivity index (χ3n) is 4.49. The molecule has 0 radical (unpaired) electrons. The van der Waals surface area contributed by atoms with Gasteiger partial charge in [0, 0.05) is 32.3 Å². The molecule has 1 N–H and O–H groups in total. The van der Waals surface area contributed by atoms with Gasteiger partial charge in [0.15, 0.2) is 0 Å². The molecule has 1 aliphatic heterocycles. The number of amides is 1. The quantitative estimate of drug-likeness (QED) is 0.782. The van der Waals surface area contributed by atoms with E-state index in [1.165, 1.54) is 25.7 Å². The number of likely N-dealkylation sites (tertiary alicyclic amines) is 1.